The molecular formula is C18H19Cl2N3O4. The summed E-state index contributed by atoms with van der Waals surface area (Å²) < 4.78 is 5.68. The molecule has 0 saturated carbocycles. The number of hydrogen-bond acceptors (Lipinski definition) is 5. The first-order valence-electron chi connectivity index (χ1n) is 8.72. The second kappa shape index (κ2) is 8.34. The summed E-state index contributed by atoms with van der Waals surface area (Å²) in [6.07, 6.45) is 3.01. The van der Waals surface area contributed by atoms with E-state index in [1.807, 2.05) is 0 Å². The highest BCUT2D eigenvalue weighted by Gasteiger charge is 2.37. The number of ether oxygens (including phenoxy) is 1. The average molecular weight is 412 g/mol. The number of carboxylic acid groups (broad SMARTS) is 1. The molecule has 2 heterocycles. The van der Waals surface area contributed by atoms with Crippen LogP contribution in [0.5, 0.6) is 5.75 Å². The molecule has 3 atom stereocenters. The molecule has 27 heavy (non-hydrogen) atoms. The molecule has 3 rings (SSSR count). The molecule has 2 fully saturated rings. The van der Waals surface area contributed by atoms with Gasteiger partial charge in [0.2, 0.25) is 5.91 Å². The molecular weight excluding hydrogens is 393 g/mol. The van der Waals surface area contributed by atoms with E-state index < -0.39 is 5.97 Å². The van der Waals surface area contributed by atoms with Gasteiger partial charge in [-0.25, -0.2) is 4.79 Å². The van der Waals surface area contributed by atoms with Crippen LogP contribution in [0.25, 0.3) is 0 Å². The molecule has 9 heteroatoms. The molecule has 1 aromatic carbocycles. The van der Waals surface area contributed by atoms with E-state index in [-0.39, 0.29) is 46.2 Å². The van der Waals surface area contributed by atoms with Gasteiger partial charge in [0.15, 0.2) is 0 Å². The van der Waals surface area contributed by atoms with Gasteiger partial charge in [0, 0.05) is 12.6 Å². The highest BCUT2D eigenvalue weighted by molar-refractivity contribution is 6.44. The number of amides is 1. The van der Waals surface area contributed by atoms with E-state index in [2.05, 4.69) is 11.4 Å². The molecule has 1 aromatic rings. The van der Waals surface area contributed by atoms with Crippen molar-refractivity contribution in [2.24, 2.45) is 0 Å². The molecule has 7 nitrogen and oxygen atoms in total. The standard InChI is InChI=1S/C18H19Cl2N3O4/c19-15-12(18(25)26)4-6-14(16(15)20)27-9-10-3-5-13(22-10)17(24)23-7-1-2-11(23)8-21/h4,6,10-11,13,22H,1-3,5,7,9H2,(H,25,26)/t10-,11+,13+/m1/s1. The van der Waals surface area contributed by atoms with Crippen molar-refractivity contribution < 1.29 is 19.4 Å². The van der Waals surface area contributed by atoms with Gasteiger partial charge in [-0.15, -0.1) is 0 Å². The van der Waals surface area contributed by atoms with Crippen LogP contribution in [0.2, 0.25) is 10.0 Å². The molecule has 0 aliphatic carbocycles. The van der Waals surface area contributed by atoms with Gasteiger partial charge in [-0.2, -0.15) is 5.26 Å². The van der Waals surface area contributed by atoms with Crippen molar-refractivity contribution in [2.45, 2.75) is 43.8 Å². The molecule has 2 aliphatic heterocycles. The van der Waals surface area contributed by atoms with Crippen molar-refractivity contribution in [3.8, 4) is 11.8 Å². The van der Waals surface area contributed by atoms with E-state index in [9.17, 15) is 9.59 Å². The molecule has 0 spiro atoms. The smallest absolute Gasteiger partial charge is 0.337 e. The van der Waals surface area contributed by atoms with E-state index in [0.29, 0.717) is 18.7 Å². The van der Waals surface area contributed by atoms with E-state index in [1.165, 1.54) is 12.1 Å². The third-order valence-corrected chi connectivity index (χ3v) is 5.81. The number of nitrogens with one attached hydrogen (secondary N) is 1. The summed E-state index contributed by atoms with van der Waals surface area (Å²) in [5, 5.41) is 21.4. The van der Waals surface area contributed by atoms with Gasteiger partial charge >= 0.3 is 5.97 Å². The number of rotatable bonds is 5. The van der Waals surface area contributed by atoms with E-state index in [0.717, 1.165) is 19.3 Å². The SMILES string of the molecule is N#C[C@@H]1CCCN1C(=O)[C@@H]1CC[C@H](COc2ccc(C(=O)O)c(Cl)c2Cl)N1. The van der Waals surface area contributed by atoms with Crippen molar-refractivity contribution in [3.05, 3.63) is 27.7 Å². The molecule has 2 N–H and O–H groups in total. The molecule has 2 aliphatic rings. The molecule has 1 amide bonds. The Bertz CT molecular complexity index is 796. The lowest BCUT2D eigenvalue weighted by Crippen LogP contribution is -2.47. The van der Waals surface area contributed by atoms with Crippen LogP contribution >= 0.6 is 23.2 Å². The lowest BCUT2D eigenvalue weighted by atomic mass is 10.1. The van der Waals surface area contributed by atoms with E-state index >= 15 is 0 Å². The summed E-state index contributed by atoms with van der Waals surface area (Å²) in [5.41, 5.74) is -0.0867. The molecule has 144 valence electrons. The maximum atomic E-state index is 12.6. The van der Waals surface area contributed by atoms with Gasteiger partial charge in [-0.05, 0) is 37.8 Å². The number of carboxylic acids is 1. The minimum Gasteiger partial charge on any atom is -0.490 e. The zero-order valence-corrected chi connectivity index (χ0v) is 16.0. The maximum Gasteiger partial charge on any atom is 0.337 e. The normalized spacial score (nSPS) is 24.6. The van der Waals surface area contributed by atoms with Gasteiger partial charge in [-0.1, -0.05) is 23.2 Å². The van der Waals surface area contributed by atoms with Gasteiger partial charge < -0.3 is 14.7 Å². The number of halogens is 2. The quantitative estimate of drug-likeness (QED) is 0.771. The van der Waals surface area contributed by atoms with Crippen LogP contribution < -0.4 is 10.1 Å². The highest BCUT2D eigenvalue weighted by atomic mass is 35.5. The van der Waals surface area contributed by atoms with Crippen molar-refractivity contribution in [1.29, 1.82) is 5.26 Å². The Morgan fingerprint density at radius 1 is 1.30 bits per heavy atom. The first kappa shape index (κ1) is 19.7. The Hall–Kier alpha value is -2.01. The lowest BCUT2D eigenvalue weighted by Gasteiger charge is -2.24. The largest absolute Gasteiger partial charge is 0.490 e. The lowest BCUT2D eigenvalue weighted by molar-refractivity contribution is -0.133. The number of nitrogens with zero attached hydrogens (tertiary/aromatic N) is 2. The van der Waals surface area contributed by atoms with Crippen molar-refractivity contribution in [2.75, 3.05) is 13.2 Å². The fourth-order valence-electron chi connectivity index (χ4n) is 3.51. The minimum absolute atomic E-state index is 0.0339. The van der Waals surface area contributed by atoms with Gasteiger partial charge in [-0.3, -0.25) is 10.1 Å². The molecule has 2 saturated heterocycles. The highest BCUT2D eigenvalue weighted by Crippen LogP contribution is 2.35. The summed E-state index contributed by atoms with van der Waals surface area (Å²) >= 11 is 12.1. The number of likely N-dealkylation sites (tertiary alicyclic amines) is 1. The number of benzene rings is 1. The number of nitriles is 1. The Labute approximate surface area is 166 Å². The summed E-state index contributed by atoms with van der Waals surface area (Å²) in [4.78, 5) is 25.3. The van der Waals surface area contributed by atoms with E-state index in [4.69, 9.17) is 38.3 Å². The number of aromatic carboxylic acids is 1. The Kier molecular flexibility index (Phi) is 6.10. The summed E-state index contributed by atoms with van der Waals surface area (Å²) in [5.74, 6) is -0.898. The van der Waals surface area contributed by atoms with Gasteiger partial charge in [0.25, 0.3) is 0 Å². The Morgan fingerprint density at radius 2 is 2.07 bits per heavy atom. The first-order chi connectivity index (χ1) is 12.9. The second-order valence-electron chi connectivity index (χ2n) is 6.67. The van der Waals surface area contributed by atoms with Crippen LogP contribution in [0, 0.1) is 11.3 Å². The molecule has 0 bridgehead atoms. The van der Waals surface area contributed by atoms with Crippen LogP contribution in [0.3, 0.4) is 0 Å². The fourth-order valence-corrected chi connectivity index (χ4v) is 3.97. The third kappa shape index (κ3) is 4.13. The zero-order chi connectivity index (χ0) is 19.6. The number of carbonyl (C=O) groups excluding carboxylic acids is 1. The zero-order valence-electron chi connectivity index (χ0n) is 14.5. The second-order valence-corrected chi connectivity index (χ2v) is 7.42. The maximum absolute atomic E-state index is 12.6. The fraction of sp³-hybridized carbons (Fsp3) is 0.500. The van der Waals surface area contributed by atoms with Crippen LogP contribution in [0.15, 0.2) is 12.1 Å². The van der Waals surface area contributed by atoms with Crippen LogP contribution in [0.4, 0.5) is 0 Å². The number of hydrogen-bond donors (Lipinski definition) is 2. The van der Waals surface area contributed by atoms with Gasteiger partial charge in [0.05, 0.1) is 22.7 Å². The van der Waals surface area contributed by atoms with E-state index in [1.54, 1.807) is 4.90 Å². The van der Waals surface area contributed by atoms with Crippen LogP contribution in [0.1, 0.15) is 36.0 Å². The van der Waals surface area contributed by atoms with Gasteiger partial charge in [0.1, 0.15) is 23.4 Å². The molecule has 0 radical (unpaired) electrons. The predicted octanol–water partition coefficient (Wildman–Crippen LogP) is 2.71. The molecule has 0 aromatic heterocycles. The minimum atomic E-state index is -1.16. The number of carbonyl (C=O) groups is 2. The predicted molar refractivity (Wildman–Crippen MR) is 99.2 cm³/mol. The summed E-state index contributed by atoms with van der Waals surface area (Å²) in [7, 11) is 0. The van der Waals surface area contributed by atoms with Crippen LogP contribution in [-0.2, 0) is 4.79 Å². The Balaban J connectivity index is 1.56. The topological polar surface area (TPSA) is 103 Å². The van der Waals surface area contributed by atoms with Crippen molar-refractivity contribution >= 4 is 35.1 Å². The average Bonchev–Trinajstić information content (AvgIpc) is 3.31. The van der Waals surface area contributed by atoms with Crippen LogP contribution in [-0.4, -0.2) is 53.2 Å². The third-order valence-electron chi connectivity index (χ3n) is 4.94. The first-order valence-corrected chi connectivity index (χ1v) is 9.48. The monoisotopic (exact) mass is 411 g/mol. The summed E-state index contributed by atoms with van der Waals surface area (Å²) in [6.45, 7) is 0.897. The summed E-state index contributed by atoms with van der Waals surface area (Å²) in [6, 6.07) is 4.30. The van der Waals surface area contributed by atoms with Crippen molar-refractivity contribution in [3.63, 3.8) is 0 Å². The van der Waals surface area contributed by atoms with Crippen molar-refractivity contribution in [1.82, 2.24) is 10.2 Å². The molecule has 0 unspecified atom stereocenters. The Morgan fingerprint density at radius 3 is 2.78 bits per heavy atom.